The molecule has 1 fully saturated rings. The van der Waals surface area contributed by atoms with Gasteiger partial charge in [0.25, 0.3) is 5.91 Å². The summed E-state index contributed by atoms with van der Waals surface area (Å²) in [4.78, 5) is 36.6. The molecule has 2 rings (SSSR count). The van der Waals surface area contributed by atoms with Gasteiger partial charge in [-0.05, 0) is 44.4 Å². The van der Waals surface area contributed by atoms with Crippen LogP contribution in [0.5, 0.6) is 0 Å². The Balaban J connectivity index is 1.66. The fraction of sp³-hybridized carbons (Fsp3) is 0.471. The molecule has 1 aliphatic heterocycles. The first kappa shape index (κ1) is 17.9. The van der Waals surface area contributed by atoms with E-state index in [0.29, 0.717) is 19.4 Å². The zero-order valence-electron chi connectivity index (χ0n) is 13.9. The highest BCUT2D eigenvalue weighted by Crippen LogP contribution is 2.16. The van der Waals surface area contributed by atoms with E-state index in [2.05, 4.69) is 10.6 Å². The van der Waals surface area contributed by atoms with Crippen molar-refractivity contribution >= 4 is 17.8 Å². The highest BCUT2D eigenvalue weighted by atomic mass is 19.1. The van der Waals surface area contributed by atoms with Crippen LogP contribution in [0, 0.1) is 5.82 Å². The Bertz CT molecular complexity index is 628. The zero-order valence-corrected chi connectivity index (χ0v) is 13.9. The molecule has 0 atom stereocenters. The molecule has 0 radical (unpaired) electrons. The maximum atomic E-state index is 12.8. The second kappa shape index (κ2) is 7.42. The smallest absolute Gasteiger partial charge is 0.325 e. The molecule has 1 heterocycles. The molecule has 0 unspecified atom stereocenters. The fourth-order valence-electron chi connectivity index (χ4n) is 2.50. The van der Waals surface area contributed by atoms with Crippen molar-refractivity contribution in [3.63, 3.8) is 0 Å². The molecule has 2 N–H and O–H groups in total. The minimum atomic E-state index is -0.880. The van der Waals surface area contributed by atoms with Gasteiger partial charge in [-0.25, -0.2) is 9.18 Å². The molecular formula is C17H22FN3O3. The lowest BCUT2D eigenvalue weighted by Crippen LogP contribution is -2.40. The molecule has 1 aromatic carbocycles. The molecular weight excluding hydrogens is 313 g/mol. The zero-order chi connectivity index (χ0) is 17.7. The number of halogens is 1. The van der Waals surface area contributed by atoms with Gasteiger partial charge in [-0.3, -0.25) is 14.5 Å². The third-order valence-corrected chi connectivity index (χ3v) is 3.88. The van der Waals surface area contributed by atoms with Gasteiger partial charge in [0.1, 0.15) is 11.4 Å². The van der Waals surface area contributed by atoms with Gasteiger partial charge in [0.15, 0.2) is 0 Å². The summed E-state index contributed by atoms with van der Waals surface area (Å²) in [6.45, 7) is 3.98. The third-order valence-electron chi connectivity index (χ3n) is 3.88. The number of imide groups is 1. The van der Waals surface area contributed by atoms with E-state index in [0.717, 1.165) is 10.5 Å². The highest BCUT2D eigenvalue weighted by Gasteiger charge is 2.43. The van der Waals surface area contributed by atoms with Crippen molar-refractivity contribution in [3.8, 4) is 0 Å². The molecule has 7 heteroatoms. The van der Waals surface area contributed by atoms with Gasteiger partial charge in [-0.15, -0.1) is 0 Å². The minimum absolute atomic E-state index is 0.136. The van der Waals surface area contributed by atoms with Crippen LogP contribution >= 0.6 is 0 Å². The lowest BCUT2D eigenvalue weighted by atomic mass is 10.1. The second-order valence-electron chi connectivity index (χ2n) is 6.34. The van der Waals surface area contributed by atoms with Crippen LogP contribution < -0.4 is 10.6 Å². The summed E-state index contributed by atoms with van der Waals surface area (Å²) in [5.41, 5.74) is 0.0624. The molecule has 1 saturated heterocycles. The molecule has 1 aliphatic rings. The predicted octanol–water partition coefficient (Wildman–Crippen LogP) is 1.59. The number of nitrogens with one attached hydrogen (secondary N) is 2. The molecule has 0 aromatic heterocycles. The van der Waals surface area contributed by atoms with E-state index in [9.17, 15) is 18.8 Å². The van der Waals surface area contributed by atoms with Crippen molar-refractivity contribution in [1.82, 2.24) is 15.5 Å². The van der Waals surface area contributed by atoms with Gasteiger partial charge in [-0.2, -0.15) is 0 Å². The van der Waals surface area contributed by atoms with Crippen LogP contribution in [0.25, 0.3) is 0 Å². The number of nitrogens with zero attached hydrogens (tertiary/aromatic N) is 1. The molecule has 1 aromatic rings. The summed E-state index contributed by atoms with van der Waals surface area (Å²) < 4.78 is 12.8. The number of urea groups is 1. The first-order chi connectivity index (χ1) is 11.3. The van der Waals surface area contributed by atoms with Gasteiger partial charge in [0, 0.05) is 19.5 Å². The van der Waals surface area contributed by atoms with Crippen molar-refractivity contribution in [3.05, 3.63) is 35.6 Å². The van der Waals surface area contributed by atoms with Crippen molar-refractivity contribution in [2.75, 3.05) is 13.1 Å². The first-order valence-corrected chi connectivity index (χ1v) is 7.95. The Labute approximate surface area is 140 Å². The van der Waals surface area contributed by atoms with Crippen LogP contribution in [0.3, 0.4) is 0 Å². The van der Waals surface area contributed by atoms with E-state index in [1.807, 2.05) is 0 Å². The minimum Gasteiger partial charge on any atom is -0.356 e. The molecule has 0 spiro atoms. The van der Waals surface area contributed by atoms with Crippen LogP contribution in [0.2, 0.25) is 0 Å². The van der Waals surface area contributed by atoms with Crippen LogP contribution in [-0.4, -0.2) is 41.4 Å². The number of rotatable bonds is 7. The van der Waals surface area contributed by atoms with Gasteiger partial charge < -0.3 is 10.6 Å². The monoisotopic (exact) mass is 335 g/mol. The summed E-state index contributed by atoms with van der Waals surface area (Å²) in [5, 5.41) is 5.37. The van der Waals surface area contributed by atoms with Crippen molar-refractivity contribution in [2.45, 2.75) is 38.6 Å². The summed E-state index contributed by atoms with van der Waals surface area (Å²) in [7, 11) is 0. The summed E-state index contributed by atoms with van der Waals surface area (Å²) >= 11 is 0. The van der Waals surface area contributed by atoms with E-state index in [-0.39, 0.29) is 30.6 Å². The molecule has 24 heavy (non-hydrogen) atoms. The largest absolute Gasteiger partial charge is 0.356 e. The van der Waals surface area contributed by atoms with Crippen molar-refractivity contribution in [2.24, 2.45) is 0 Å². The molecule has 130 valence electrons. The van der Waals surface area contributed by atoms with Crippen molar-refractivity contribution in [1.29, 1.82) is 0 Å². The summed E-state index contributed by atoms with van der Waals surface area (Å²) in [5.74, 6) is -0.695. The fourth-order valence-corrected chi connectivity index (χ4v) is 2.50. The lowest BCUT2D eigenvalue weighted by molar-refractivity contribution is -0.130. The SMILES string of the molecule is CC1(C)NC(=O)N(CCCC(=O)NCCc2ccc(F)cc2)C1=O. The standard InChI is InChI=1S/C17H22FN3O3/c1-17(2)15(23)21(16(24)20-17)11-3-4-14(22)19-10-9-12-5-7-13(18)8-6-12/h5-8H,3-4,9-11H2,1-2H3,(H,19,22)(H,20,24). The third kappa shape index (κ3) is 4.53. The number of hydrogen-bond acceptors (Lipinski definition) is 3. The predicted molar refractivity (Wildman–Crippen MR) is 86.7 cm³/mol. The topological polar surface area (TPSA) is 78.5 Å². The van der Waals surface area contributed by atoms with Gasteiger partial charge in [0.2, 0.25) is 5.91 Å². The molecule has 4 amide bonds. The number of hydrogen-bond donors (Lipinski definition) is 2. The quantitative estimate of drug-likeness (QED) is 0.743. The Kier molecular flexibility index (Phi) is 5.54. The number of carbonyl (C=O) groups excluding carboxylic acids is 3. The summed E-state index contributed by atoms with van der Waals surface area (Å²) in [6, 6.07) is 5.72. The number of carbonyl (C=O) groups is 3. The Morgan fingerprint density at radius 3 is 2.50 bits per heavy atom. The molecule has 0 aliphatic carbocycles. The van der Waals surface area contributed by atoms with Gasteiger partial charge in [0.05, 0.1) is 0 Å². The average molecular weight is 335 g/mol. The Hall–Kier alpha value is -2.44. The molecule has 0 bridgehead atoms. The Morgan fingerprint density at radius 1 is 1.25 bits per heavy atom. The van der Waals surface area contributed by atoms with Crippen LogP contribution in [0.15, 0.2) is 24.3 Å². The molecule has 6 nitrogen and oxygen atoms in total. The maximum Gasteiger partial charge on any atom is 0.325 e. The Morgan fingerprint density at radius 2 is 1.92 bits per heavy atom. The van der Waals surface area contributed by atoms with Gasteiger partial charge >= 0.3 is 6.03 Å². The van der Waals surface area contributed by atoms with Crippen LogP contribution in [0.4, 0.5) is 9.18 Å². The van der Waals surface area contributed by atoms with E-state index in [1.54, 1.807) is 26.0 Å². The molecule has 0 saturated carbocycles. The normalized spacial score (nSPS) is 16.2. The lowest BCUT2D eigenvalue weighted by Gasteiger charge is -2.15. The number of amides is 4. The number of benzene rings is 1. The van der Waals surface area contributed by atoms with E-state index < -0.39 is 11.6 Å². The first-order valence-electron chi connectivity index (χ1n) is 7.95. The van der Waals surface area contributed by atoms with Crippen LogP contribution in [0.1, 0.15) is 32.3 Å². The summed E-state index contributed by atoms with van der Waals surface area (Å²) in [6.07, 6.45) is 1.27. The van der Waals surface area contributed by atoms with E-state index in [1.165, 1.54) is 12.1 Å². The van der Waals surface area contributed by atoms with E-state index in [4.69, 9.17) is 0 Å². The van der Waals surface area contributed by atoms with Gasteiger partial charge in [-0.1, -0.05) is 12.1 Å². The van der Waals surface area contributed by atoms with Crippen molar-refractivity contribution < 1.29 is 18.8 Å². The highest BCUT2D eigenvalue weighted by molar-refractivity contribution is 6.06. The average Bonchev–Trinajstić information content (AvgIpc) is 2.71. The van der Waals surface area contributed by atoms with Crippen LogP contribution in [-0.2, 0) is 16.0 Å². The second-order valence-corrected chi connectivity index (χ2v) is 6.34. The van der Waals surface area contributed by atoms with E-state index >= 15 is 0 Å². The maximum absolute atomic E-state index is 12.8.